The Labute approximate surface area is 156 Å². The Kier molecular flexibility index (Phi) is 6.97. The number of hydrogen-bond donors (Lipinski definition) is 2. The van der Waals surface area contributed by atoms with Crippen molar-refractivity contribution >= 4 is 23.6 Å². The SMILES string of the molecule is COC(=O)C[C@H](NC(=O)N[C@H](C)c1ccccc1F)c1ccccc1Cl. The molecule has 138 valence electrons. The van der Waals surface area contributed by atoms with E-state index in [4.69, 9.17) is 11.6 Å². The van der Waals surface area contributed by atoms with E-state index < -0.39 is 29.9 Å². The second-order valence-electron chi connectivity index (χ2n) is 5.72. The maximum atomic E-state index is 13.8. The van der Waals surface area contributed by atoms with Crippen LogP contribution in [0, 0.1) is 5.82 Å². The minimum Gasteiger partial charge on any atom is -0.469 e. The lowest BCUT2D eigenvalue weighted by Gasteiger charge is -2.22. The molecular weight excluding hydrogens is 359 g/mol. The molecule has 2 amide bonds. The van der Waals surface area contributed by atoms with Crippen LogP contribution >= 0.6 is 11.6 Å². The quantitative estimate of drug-likeness (QED) is 0.742. The van der Waals surface area contributed by atoms with Crippen molar-refractivity contribution in [2.24, 2.45) is 0 Å². The highest BCUT2D eigenvalue weighted by Gasteiger charge is 2.22. The first-order chi connectivity index (χ1) is 12.4. The van der Waals surface area contributed by atoms with E-state index in [2.05, 4.69) is 15.4 Å². The van der Waals surface area contributed by atoms with Gasteiger partial charge < -0.3 is 15.4 Å². The summed E-state index contributed by atoms with van der Waals surface area (Å²) in [4.78, 5) is 24.1. The molecular formula is C19H20ClFN2O3. The van der Waals surface area contributed by atoms with Gasteiger partial charge in [0.1, 0.15) is 5.82 Å². The summed E-state index contributed by atoms with van der Waals surface area (Å²) in [7, 11) is 1.27. The number of ether oxygens (including phenoxy) is 1. The standard InChI is InChI=1S/C19H20ClFN2O3/c1-12(13-7-4-6-10-16(13)21)22-19(25)23-17(11-18(24)26-2)14-8-3-5-9-15(14)20/h3-10,12,17H,11H2,1-2H3,(H2,22,23,25)/t12-,17+/m1/s1. The Balaban J connectivity index is 2.12. The van der Waals surface area contributed by atoms with Gasteiger partial charge in [0, 0.05) is 10.6 Å². The minimum absolute atomic E-state index is 0.0816. The largest absolute Gasteiger partial charge is 0.469 e. The topological polar surface area (TPSA) is 67.4 Å². The number of halogens is 2. The van der Waals surface area contributed by atoms with Gasteiger partial charge in [-0.2, -0.15) is 0 Å². The third-order valence-corrected chi connectivity index (χ3v) is 4.25. The van der Waals surface area contributed by atoms with Crippen LogP contribution in [0.4, 0.5) is 9.18 Å². The van der Waals surface area contributed by atoms with Crippen LogP contribution in [0.25, 0.3) is 0 Å². The first kappa shape index (κ1) is 19.7. The number of carbonyl (C=O) groups is 2. The molecule has 2 aromatic rings. The molecule has 0 aliphatic heterocycles. The highest BCUT2D eigenvalue weighted by molar-refractivity contribution is 6.31. The Morgan fingerprint density at radius 1 is 1.08 bits per heavy atom. The van der Waals surface area contributed by atoms with Crippen molar-refractivity contribution in [3.63, 3.8) is 0 Å². The molecule has 0 saturated carbocycles. The molecule has 0 radical (unpaired) electrons. The zero-order chi connectivity index (χ0) is 19.1. The monoisotopic (exact) mass is 378 g/mol. The van der Waals surface area contributed by atoms with Crippen LogP contribution in [0.5, 0.6) is 0 Å². The summed E-state index contributed by atoms with van der Waals surface area (Å²) in [6.45, 7) is 1.67. The zero-order valence-electron chi connectivity index (χ0n) is 14.5. The van der Waals surface area contributed by atoms with Gasteiger partial charge in [0.15, 0.2) is 0 Å². The molecule has 0 spiro atoms. The summed E-state index contributed by atoms with van der Waals surface area (Å²) in [5, 5.41) is 5.78. The van der Waals surface area contributed by atoms with Gasteiger partial charge in [-0.05, 0) is 24.6 Å². The fourth-order valence-corrected chi connectivity index (χ4v) is 2.81. The fourth-order valence-electron chi connectivity index (χ4n) is 2.55. The number of carbonyl (C=O) groups excluding carboxylic acids is 2. The molecule has 2 aromatic carbocycles. The predicted octanol–water partition coefficient (Wildman–Crippen LogP) is 4.14. The number of methoxy groups -OCH3 is 1. The maximum absolute atomic E-state index is 13.8. The van der Waals surface area contributed by atoms with Gasteiger partial charge in [-0.15, -0.1) is 0 Å². The number of rotatable bonds is 6. The second-order valence-corrected chi connectivity index (χ2v) is 6.12. The lowest BCUT2D eigenvalue weighted by molar-refractivity contribution is -0.141. The third kappa shape index (κ3) is 5.20. The molecule has 0 unspecified atom stereocenters. The molecule has 7 heteroatoms. The van der Waals surface area contributed by atoms with Crippen molar-refractivity contribution in [1.29, 1.82) is 0 Å². The van der Waals surface area contributed by atoms with Crippen LogP contribution in [-0.4, -0.2) is 19.1 Å². The number of nitrogens with one attached hydrogen (secondary N) is 2. The van der Waals surface area contributed by atoms with Crippen molar-refractivity contribution in [2.75, 3.05) is 7.11 Å². The number of urea groups is 1. The van der Waals surface area contributed by atoms with Gasteiger partial charge in [-0.25, -0.2) is 9.18 Å². The molecule has 2 atom stereocenters. The van der Waals surface area contributed by atoms with Crippen molar-refractivity contribution in [3.05, 3.63) is 70.5 Å². The summed E-state index contributed by atoms with van der Waals surface area (Å²) in [6, 6.07) is 11.3. The van der Waals surface area contributed by atoms with E-state index >= 15 is 0 Å². The first-order valence-electron chi connectivity index (χ1n) is 8.05. The Hall–Kier alpha value is -2.60. The van der Waals surface area contributed by atoms with Crippen molar-refractivity contribution in [3.8, 4) is 0 Å². The molecule has 5 nitrogen and oxygen atoms in total. The number of amides is 2. The molecule has 2 rings (SSSR count). The number of benzene rings is 2. The van der Waals surface area contributed by atoms with Gasteiger partial charge in [-0.1, -0.05) is 48.0 Å². The normalized spacial score (nSPS) is 12.8. The maximum Gasteiger partial charge on any atom is 0.315 e. The van der Waals surface area contributed by atoms with Crippen molar-refractivity contribution < 1.29 is 18.7 Å². The molecule has 0 saturated heterocycles. The summed E-state index contributed by atoms with van der Waals surface area (Å²) in [6.07, 6.45) is -0.0816. The number of esters is 1. The van der Waals surface area contributed by atoms with E-state index in [-0.39, 0.29) is 6.42 Å². The van der Waals surface area contributed by atoms with E-state index in [1.807, 2.05) is 0 Å². The first-order valence-corrected chi connectivity index (χ1v) is 8.43. The van der Waals surface area contributed by atoms with E-state index in [0.29, 0.717) is 16.1 Å². The van der Waals surface area contributed by atoms with E-state index in [1.54, 1.807) is 49.4 Å². The Morgan fingerprint density at radius 3 is 2.31 bits per heavy atom. The van der Waals surface area contributed by atoms with E-state index in [1.165, 1.54) is 13.2 Å². The van der Waals surface area contributed by atoms with Crippen LogP contribution in [-0.2, 0) is 9.53 Å². The van der Waals surface area contributed by atoms with Crippen molar-refractivity contribution in [2.45, 2.75) is 25.4 Å². The van der Waals surface area contributed by atoms with Crippen LogP contribution in [0.3, 0.4) is 0 Å². The molecule has 26 heavy (non-hydrogen) atoms. The molecule has 0 aromatic heterocycles. The summed E-state index contributed by atoms with van der Waals surface area (Å²) in [5.74, 6) is -0.894. The van der Waals surface area contributed by atoms with Gasteiger partial charge in [0.2, 0.25) is 0 Å². The lowest BCUT2D eigenvalue weighted by atomic mass is 10.0. The van der Waals surface area contributed by atoms with Crippen LogP contribution in [0.1, 0.15) is 36.6 Å². The summed E-state index contributed by atoms with van der Waals surface area (Å²) in [5.41, 5.74) is 0.957. The van der Waals surface area contributed by atoms with E-state index in [9.17, 15) is 14.0 Å². The van der Waals surface area contributed by atoms with Gasteiger partial charge >= 0.3 is 12.0 Å². The van der Waals surface area contributed by atoms with Crippen LogP contribution in [0.15, 0.2) is 48.5 Å². The predicted molar refractivity (Wildman–Crippen MR) is 97.3 cm³/mol. The van der Waals surface area contributed by atoms with Crippen LogP contribution in [0.2, 0.25) is 5.02 Å². The van der Waals surface area contributed by atoms with Gasteiger partial charge in [0.25, 0.3) is 0 Å². The molecule has 2 N–H and O–H groups in total. The van der Waals surface area contributed by atoms with Crippen molar-refractivity contribution in [1.82, 2.24) is 10.6 Å². The molecule has 0 aliphatic carbocycles. The van der Waals surface area contributed by atoms with Crippen LogP contribution < -0.4 is 10.6 Å². The Morgan fingerprint density at radius 2 is 1.69 bits per heavy atom. The summed E-state index contributed by atoms with van der Waals surface area (Å²) < 4.78 is 18.5. The fraction of sp³-hybridized carbons (Fsp3) is 0.263. The second kappa shape index (κ2) is 9.20. The average Bonchev–Trinajstić information content (AvgIpc) is 2.61. The molecule has 0 fully saturated rings. The number of hydrogen-bond acceptors (Lipinski definition) is 3. The average molecular weight is 379 g/mol. The lowest BCUT2D eigenvalue weighted by Crippen LogP contribution is -2.40. The molecule has 0 aliphatic rings. The zero-order valence-corrected chi connectivity index (χ0v) is 15.2. The molecule has 0 bridgehead atoms. The Bertz CT molecular complexity index is 785. The van der Waals surface area contributed by atoms with Gasteiger partial charge in [0.05, 0.1) is 25.6 Å². The summed E-state index contributed by atoms with van der Waals surface area (Å²) >= 11 is 6.18. The third-order valence-electron chi connectivity index (χ3n) is 3.90. The highest BCUT2D eigenvalue weighted by atomic mass is 35.5. The van der Waals surface area contributed by atoms with Gasteiger partial charge in [-0.3, -0.25) is 4.79 Å². The molecule has 0 heterocycles. The van der Waals surface area contributed by atoms with E-state index in [0.717, 1.165) is 0 Å². The smallest absolute Gasteiger partial charge is 0.315 e. The minimum atomic E-state index is -0.677. The highest BCUT2D eigenvalue weighted by Crippen LogP contribution is 2.25.